The van der Waals surface area contributed by atoms with Crippen molar-refractivity contribution in [2.75, 3.05) is 13.1 Å². The van der Waals surface area contributed by atoms with Crippen molar-refractivity contribution in [3.8, 4) is 0 Å². The number of nitrogens with zero attached hydrogens (tertiary/aromatic N) is 5. The second-order valence-electron chi connectivity index (χ2n) is 5.76. The zero-order valence-corrected chi connectivity index (χ0v) is 12.2. The highest BCUT2D eigenvalue weighted by Crippen LogP contribution is 2.34. The quantitative estimate of drug-likeness (QED) is 0.893. The summed E-state index contributed by atoms with van der Waals surface area (Å²) in [6.45, 7) is 5.00. The molecule has 0 radical (unpaired) electrons. The fraction of sp³-hybridized carbons (Fsp3) is 0.917. The Bertz CT molecular complexity index is 405. The standard InChI is InChI=1S/C12H22N6.ClH/c1-9-4-5-17(11(6-9)7-13)8-12-14-15-16-18(12)10-2-3-10;/h9-11H,2-8,13H2,1H3;1H. The van der Waals surface area contributed by atoms with Crippen LogP contribution in [-0.4, -0.2) is 44.2 Å². The van der Waals surface area contributed by atoms with Gasteiger partial charge in [-0.15, -0.1) is 17.5 Å². The van der Waals surface area contributed by atoms with Gasteiger partial charge in [0, 0.05) is 12.6 Å². The van der Waals surface area contributed by atoms with Crippen LogP contribution in [0.1, 0.15) is 44.5 Å². The Kier molecular flexibility index (Phi) is 4.76. The third-order valence-corrected chi connectivity index (χ3v) is 4.17. The monoisotopic (exact) mass is 286 g/mol. The predicted molar refractivity (Wildman–Crippen MR) is 75.0 cm³/mol. The van der Waals surface area contributed by atoms with Crippen molar-refractivity contribution in [1.29, 1.82) is 0 Å². The van der Waals surface area contributed by atoms with Crippen LogP contribution in [0, 0.1) is 5.92 Å². The summed E-state index contributed by atoms with van der Waals surface area (Å²) >= 11 is 0. The Hall–Kier alpha value is -0.720. The maximum atomic E-state index is 5.89. The van der Waals surface area contributed by atoms with Gasteiger partial charge in [-0.25, -0.2) is 4.68 Å². The maximum Gasteiger partial charge on any atom is 0.165 e. The highest BCUT2D eigenvalue weighted by atomic mass is 35.5. The molecular weight excluding hydrogens is 264 g/mol. The van der Waals surface area contributed by atoms with Crippen molar-refractivity contribution in [2.45, 2.75) is 51.2 Å². The molecule has 2 heterocycles. The summed E-state index contributed by atoms with van der Waals surface area (Å²) in [4.78, 5) is 2.45. The summed E-state index contributed by atoms with van der Waals surface area (Å²) in [7, 11) is 0. The van der Waals surface area contributed by atoms with Crippen LogP contribution in [0.4, 0.5) is 0 Å². The van der Waals surface area contributed by atoms with Crippen molar-refractivity contribution < 1.29 is 0 Å². The second kappa shape index (κ2) is 6.15. The fourth-order valence-corrected chi connectivity index (χ4v) is 2.85. The molecule has 1 saturated carbocycles. The Labute approximate surface area is 120 Å². The van der Waals surface area contributed by atoms with Crippen LogP contribution in [0.3, 0.4) is 0 Å². The van der Waals surface area contributed by atoms with Crippen LogP contribution in [0.15, 0.2) is 0 Å². The molecule has 6 nitrogen and oxygen atoms in total. The van der Waals surface area contributed by atoms with Gasteiger partial charge in [-0.1, -0.05) is 6.92 Å². The molecule has 19 heavy (non-hydrogen) atoms. The van der Waals surface area contributed by atoms with Gasteiger partial charge >= 0.3 is 0 Å². The van der Waals surface area contributed by atoms with Gasteiger partial charge in [-0.3, -0.25) is 4.90 Å². The van der Waals surface area contributed by atoms with E-state index in [1.807, 2.05) is 4.68 Å². The number of rotatable bonds is 4. The minimum atomic E-state index is 0. The molecule has 2 aliphatic rings. The minimum Gasteiger partial charge on any atom is -0.329 e. The fourth-order valence-electron chi connectivity index (χ4n) is 2.85. The molecule has 2 unspecified atom stereocenters. The zero-order chi connectivity index (χ0) is 12.5. The van der Waals surface area contributed by atoms with E-state index in [0.29, 0.717) is 12.1 Å². The van der Waals surface area contributed by atoms with E-state index in [0.717, 1.165) is 31.4 Å². The van der Waals surface area contributed by atoms with Crippen molar-refractivity contribution >= 4 is 12.4 Å². The Morgan fingerprint density at radius 1 is 1.32 bits per heavy atom. The van der Waals surface area contributed by atoms with E-state index >= 15 is 0 Å². The molecule has 2 atom stereocenters. The van der Waals surface area contributed by atoms with Gasteiger partial charge in [0.05, 0.1) is 12.6 Å². The summed E-state index contributed by atoms with van der Waals surface area (Å²) in [5, 5.41) is 12.1. The van der Waals surface area contributed by atoms with Gasteiger partial charge in [0.1, 0.15) is 0 Å². The molecule has 2 fully saturated rings. The highest BCUT2D eigenvalue weighted by molar-refractivity contribution is 5.85. The van der Waals surface area contributed by atoms with Gasteiger partial charge in [0.25, 0.3) is 0 Å². The first-order chi connectivity index (χ1) is 8.78. The number of nitrogens with two attached hydrogens (primary N) is 1. The number of piperidine rings is 1. The zero-order valence-electron chi connectivity index (χ0n) is 11.4. The number of halogens is 1. The topological polar surface area (TPSA) is 72.9 Å². The molecule has 1 aliphatic heterocycles. The lowest BCUT2D eigenvalue weighted by atomic mass is 9.92. The lowest BCUT2D eigenvalue weighted by molar-refractivity contribution is 0.110. The summed E-state index contributed by atoms with van der Waals surface area (Å²) in [5.74, 6) is 1.79. The smallest absolute Gasteiger partial charge is 0.165 e. The van der Waals surface area contributed by atoms with Gasteiger partial charge in [-0.05, 0) is 48.6 Å². The third kappa shape index (κ3) is 3.24. The molecule has 0 amide bonds. The molecule has 0 aromatic carbocycles. The molecule has 0 spiro atoms. The summed E-state index contributed by atoms with van der Waals surface area (Å²) < 4.78 is 2.01. The molecule has 3 rings (SSSR count). The van der Waals surface area contributed by atoms with Crippen molar-refractivity contribution in [3.05, 3.63) is 5.82 Å². The van der Waals surface area contributed by atoms with Gasteiger partial charge in [0.15, 0.2) is 5.82 Å². The van der Waals surface area contributed by atoms with Crippen molar-refractivity contribution in [1.82, 2.24) is 25.1 Å². The summed E-state index contributed by atoms with van der Waals surface area (Å²) in [6.07, 6.45) is 4.88. The van der Waals surface area contributed by atoms with Crippen molar-refractivity contribution in [2.24, 2.45) is 11.7 Å². The van der Waals surface area contributed by atoms with Crippen LogP contribution >= 0.6 is 12.4 Å². The molecular formula is C12H23ClN6. The van der Waals surface area contributed by atoms with E-state index in [-0.39, 0.29) is 12.4 Å². The average Bonchev–Trinajstić information content (AvgIpc) is 3.12. The van der Waals surface area contributed by atoms with Crippen LogP contribution in [0.5, 0.6) is 0 Å². The summed E-state index contributed by atoms with van der Waals surface area (Å²) in [6, 6.07) is 1.04. The van der Waals surface area contributed by atoms with E-state index in [9.17, 15) is 0 Å². The minimum absolute atomic E-state index is 0. The molecule has 1 saturated heterocycles. The lowest BCUT2D eigenvalue weighted by Gasteiger charge is -2.37. The first-order valence-corrected chi connectivity index (χ1v) is 6.98. The Morgan fingerprint density at radius 3 is 2.79 bits per heavy atom. The van der Waals surface area contributed by atoms with E-state index in [1.165, 1.54) is 25.7 Å². The summed E-state index contributed by atoms with van der Waals surface area (Å²) in [5.41, 5.74) is 5.89. The SMILES string of the molecule is CC1CCN(Cc2nnnn2C2CC2)C(CN)C1.Cl. The third-order valence-electron chi connectivity index (χ3n) is 4.17. The molecule has 1 aromatic rings. The van der Waals surface area contributed by atoms with Crippen LogP contribution in [-0.2, 0) is 6.54 Å². The number of hydrogen-bond donors (Lipinski definition) is 1. The van der Waals surface area contributed by atoms with Crippen LogP contribution in [0.25, 0.3) is 0 Å². The van der Waals surface area contributed by atoms with Gasteiger partial charge < -0.3 is 5.73 Å². The number of tetrazole rings is 1. The van der Waals surface area contributed by atoms with Gasteiger partial charge in [0.2, 0.25) is 0 Å². The molecule has 0 bridgehead atoms. The van der Waals surface area contributed by atoms with E-state index in [4.69, 9.17) is 5.73 Å². The van der Waals surface area contributed by atoms with E-state index in [1.54, 1.807) is 0 Å². The molecule has 1 aromatic heterocycles. The Morgan fingerprint density at radius 2 is 2.11 bits per heavy atom. The molecule has 2 N–H and O–H groups in total. The first kappa shape index (κ1) is 14.7. The van der Waals surface area contributed by atoms with Crippen molar-refractivity contribution in [3.63, 3.8) is 0 Å². The van der Waals surface area contributed by atoms with E-state index in [2.05, 4.69) is 27.3 Å². The number of hydrogen-bond acceptors (Lipinski definition) is 5. The molecule has 1 aliphatic carbocycles. The largest absolute Gasteiger partial charge is 0.329 e. The average molecular weight is 287 g/mol. The number of likely N-dealkylation sites (tertiary alicyclic amines) is 1. The maximum absolute atomic E-state index is 5.89. The predicted octanol–water partition coefficient (Wildman–Crippen LogP) is 0.989. The molecule has 7 heteroatoms. The van der Waals surface area contributed by atoms with Crippen LogP contribution in [0.2, 0.25) is 0 Å². The normalized spacial score (nSPS) is 28.1. The van der Waals surface area contributed by atoms with Crippen LogP contribution < -0.4 is 5.73 Å². The second-order valence-corrected chi connectivity index (χ2v) is 5.76. The Balaban J connectivity index is 0.00000133. The first-order valence-electron chi connectivity index (χ1n) is 6.98. The highest BCUT2D eigenvalue weighted by Gasteiger charge is 2.30. The van der Waals surface area contributed by atoms with E-state index < -0.39 is 0 Å². The molecule has 108 valence electrons. The van der Waals surface area contributed by atoms with Gasteiger partial charge in [-0.2, -0.15) is 0 Å². The lowest BCUT2D eigenvalue weighted by Crippen LogP contribution is -2.46. The number of aromatic nitrogens is 4.